The van der Waals surface area contributed by atoms with Gasteiger partial charge >= 0.3 is 0 Å². The normalized spacial score (nSPS) is 18.3. The number of amides is 1. The van der Waals surface area contributed by atoms with E-state index in [1.54, 1.807) is 18.2 Å². The number of ether oxygens (including phenoxy) is 1. The summed E-state index contributed by atoms with van der Waals surface area (Å²) < 4.78 is 21.4. The average molecular weight is 455 g/mol. The molecule has 0 radical (unpaired) electrons. The third-order valence-corrected chi connectivity index (χ3v) is 6.55. The van der Waals surface area contributed by atoms with Crippen molar-refractivity contribution in [3.63, 3.8) is 0 Å². The molecule has 0 unspecified atom stereocenters. The number of halogens is 1. The lowest BCUT2D eigenvalue weighted by atomic mass is 9.87. The molecule has 1 aliphatic carbocycles. The summed E-state index contributed by atoms with van der Waals surface area (Å²) in [7, 11) is 0. The summed E-state index contributed by atoms with van der Waals surface area (Å²) in [5.41, 5.74) is 0.855. The number of thioether (sulfide) groups is 1. The highest BCUT2D eigenvalue weighted by Crippen LogP contribution is 2.25. The highest BCUT2D eigenvalue weighted by atomic mass is 32.2. The molecule has 0 bridgehead atoms. The summed E-state index contributed by atoms with van der Waals surface area (Å²) in [6.07, 6.45) is 4.39. The number of carbonyl (C=O) groups excluding carboxylic acids is 1. The minimum absolute atomic E-state index is 0.00122. The highest BCUT2D eigenvalue weighted by Gasteiger charge is 2.21. The molecule has 0 atom stereocenters. The molecule has 32 heavy (non-hydrogen) atoms. The fourth-order valence-corrected chi connectivity index (χ4v) is 4.61. The van der Waals surface area contributed by atoms with Gasteiger partial charge < -0.3 is 10.1 Å². The second kappa shape index (κ2) is 10.6. The monoisotopic (exact) mass is 454 g/mol. The zero-order chi connectivity index (χ0) is 22.3. The first-order valence-electron chi connectivity index (χ1n) is 10.9. The Morgan fingerprint density at radius 3 is 2.56 bits per heavy atom. The van der Waals surface area contributed by atoms with E-state index in [2.05, 4.69) is 22.4 Å². The largest absolute Gasteiger partial charge is 0.483 e. The van der Waals surface area contributed by atoms with E-state index < -0.39 is 5.82 Å². The Morgan fingerprint density at radius 2 is 1.81 bits per heavy atom. The van der Waals surface area contributed by atoms with Crippen molar-refractivity contribution < 1.29 is 13.9 Å². The molecule has 1 heterocycles. The van der Waals surface area contributed by atoms with Crippen LogP contribution in [0.1, 0.15) is 38.4 Å². The minimum Gasteiger partial charge on any atom is -0.483 e. The predicted octanol–water partition coefficient (Wildman–Crippen LogP) is 4.77. The summed E-state index contributed by atoms with van der Waals surface area (Å²) >= 11 is 1.33. The van der Waals surface area contributed by atoms with Gasteiger partial charge in [0, 0.05) is 11.7 Å². The molecule has 0 aliphatic heterocycles. The number of rotatable bonds is 8. The molecule has 3 aromatic rings. The molecule has 4 rings (SSSR count). The number of carbonyl (C=O) groups is 1. The lowest BCUT2D eigenvalue weighted by Gasteiger charge is -2.26. The van der Waals surface area contributed by atoms with Gasteiger partial charge in [0.2, 0.25) is 5.91 Å². The van der Waals surface area contributed by atoms with Crippen molar-refractivity contribution in [2.75, 3.05) is 5.75 Å². The lowest BCUT2D eigenvalue weighted by Crippen LogP contribution is -2.38. The van der Waals surface area contributed by atoms with Crippen LogP contribution in [0.15, 0.2) is 59.8 Å². The van der Waals surface area contributed by atoms with Crippen molar-refractivity contribution in [1.29, 1.82) is 0 Å². The lowest BCUT2D eigenvalue weighted by molar-refractivity contribution is -0.119. The van der Waals surface area contributed by atoms with Crippen molar-refractivity contribution in [2.24, 2.45) is 5.92 Å². The van der Waals surface area contributed by atoms with E-state index in [1.807, 2.05) is 34.9 Å². The van der Waals surface area contributed by atoms with Crippen LogP contribution in [-0.4, -0.2) is 32.5 Å². The van der Waals surface area contributed by atoms with Crippen molar-refractivity contribution in [2.45, 2.75) is 50.4 Å². The molecule has 0 saturated heterocycles. The standard InChI is InChI=1S/C24H27FN4O2S/c1-17-11-13-18(14-12-17)26-23(30)16-32-24-28-27-22(29(24)19-7-3-2-4-8-19)15-31-21-10-6-5-9-20(21)25/h2-10,17-18H,11-16H2,1H3,(H,26,30). The molecule has 1 amide bonds. The van der Waals surface area contributed by atoms with Crippen LogP contribution in [0.25, 0.3) is 5.69 Å². The molecule has 6 nitrogen and oxygen atoms in total. The number of aromatic nitrogens is 3. The van der Waals surface area contributed by atoms with Crippen LogP contribution in [-0.2, 0) is 11.4 Å². The molecule has 0 spiro atoms. The van der Waals surface area contributed by atoms with Crippen molar-refractivity contribution >= 4 is 17.7 Å². The number of para-hydroxylation sites is 2. The summed E-state index contributed by atoms with van der Waals surface area (Å²) in [6.45, 7) is 2.31. The minimum atomic E-state index is -0.429. The van der Waals surface area contributed by atoms with Crippen molar-refractivity contribution in [3.8, 4) is 11.4 Å². The summed E-state index contributed by atoms with van der Waals surface area (Å²) in [6, 6.07) is 16.1. The van der Waals surface area contributed by atoms with Gasteiger partial charge in [-0.05, 0) is 55.9 Å². The SMILES string of the molecule is CC1CCC(NC(=O)CSc2nnc(COc3ccccc3F)n2-c2ccccc2)CC1. The van der Waals surface area contributed by atoms with Crippen LogP contribution < -0.4 is 10.1 Å². The number of nitrogens with zero attached hydrogens (tertiary/aromatic N) is 3. The van der Waals surface area contributed by atoms with Crippen LogP contribution in [0, 0.1) is 11.7 Å². The van der Waals surface area contributed by atoms with Gasteiger partial charge in [0.1, 0.15) is 6.61 Å². The zero-order valence-corrected chi connectivity index (χ0v) is 18.9. The van der Waals surface area contributed by atoms with Gasteiger partial charge in [-0.25, -0.2) is 4.39 Å². The third kappa shape index (κ3) is 5.68. The molecular formula is C24H27FN4O2S. The Hall–Kier alpha value is -2.87. The second-order valence-corrected chi connectivity index (χ2v) is 9.04. The van der Waals surface area contributed by atoms with Crippen molar-refractivity contribution in [3.05, 3.63) is 66.2 Å². The number of benzene rings is 2. The molecule has 2 aromatic carbocycles. The molecule has 1 N–H and O–H groups in total. The Morgan fingerprint density at radius 1 is 1.09 bits per heavy atom. The summed E-state index contributed by atoms with van der Waals surface area (Å²) in [5, 5.41) is 12.3. The van der Waals surface area contributed by atoms with Gasteiger partial charge in [0.25, 0.3) is 0 Å². The first-order valence-corrected chi connectivity index (χ1v) is 11.9. The average Bonchev–Trinajstić information content (AvgIpc) is 3.22. The first kappa shape index (κ1) is 22.3. The molecule has 1 aliphatic rings. The number of hydrogen-bond acceptors (Lipinski definition) is 5. The second-order valence-electron chi connectivity index (χ2n) is 8.10. The van der Waals surface area contributed by atoms with E-state index in [-0.39, 0.29) is 30.1 Å². The maximum Gasteiger partial charge on any atom is 0.230 e. The number of nitrogens with one attached hydrogen (secondary N) is 1. The van der Waals surface area contributed by atoms with Crippen LogP contribution in [0.4, 0.5) is 4.39 Å². The topological polar surface area (TPSA) is 69.0 Å². The summed E-state index contributed by atoms with van der Waals surface area (Å²) in [4.78, 5) is 12.5. The van der Waals surface area contributed by atoms with Gasteiger partial charge in [0.15, 0.2) is 22.5 Å². The molecule has 1 fully saturated rings. The highest BCUT2D eigenvalue weighted by molar-refractivity contribution is 7.99. The van der Waals surface area contributed by atoms with E-state index in [0.717, 1.165) is 37.3 Å². The van der Waals surface area contributed by atoms with Gasteiger partial charge in [-0.15, -0.1) is 10.2 Å². The van der Waals surface area contributed by atoms with Crippen LogP contribution in [0.5, 0.6) is 5.75 Å². The van der Waals surface area contributed by atoms with Crippen molar-refractivity contribution in [1.82, 2.24) is 20.1 Å². The Labute approximate surface area is 191 Å². The van der Waals surface area contributed by atoms with Gasteiger partial charge in [-0.3, -0.25) is 9.36 Å². The maximum absolute atomic E-state index is 13.9. The fraction of sp³-hybridized carbons (Fsp3) is 0.375. The Bertz CT molecular complexity index is 1040. The third-order valence-electron chi connectivity index (χ3n) is 5.62. The Balaban J connectivity index is 1.44. The maximum atomic E-state index is 13.9. The van der Waals surface area contributed by atoms with Gasteiger partial charge in [0.05, 0.1) is 5.75 Å². The van der Waals surface area contributed by atoms with E-state index in [0.29, 0.717) is 11.0 Å². The quantitative estimate of drug-likeness (QED) is 0.497. The predicted molar refractivity (Wildman–Crippen MR) is 122 cm³/mol. The van der Waals surface area contributed by atoms with Crippen LogP contribution >= 0.6 is 11.8 Å². The van der Waals surface area contributed by atoms with E-state index in [1.165, 1.54) is 17.8 Å². The Kier molecular flexibility index (Phi) is 7.42. The zero-order valence-electron chi connectivity index (χ0n) is 18.0. The molecule has 8 heteroatoms. The van der Waals surface area contributed by atoms with Crippen LogP contribution in [0.3, 0.4) is 0 Å². The van der Waals surface area contributed by atoms with E-state index in [4.69, 9.17) is 4.74 Å². The summed E-state index contributed by atoms with van der Waals surface area (Å²) in [5.74, 6) is 1.26. The van der Waals surface area contributed by atoms with E-state index in [9.17, 15) is 9.18 Å². The van der Waals surface area contributed by atoms with Gasteiger partial charge in [-0.1, -0.05) is 49.0 Å². The molecular weight excluding hydrogens is 427 g/mol. The molecule has 1 saturated carbocycles. The van der Waals surface area contributed by atoms with E-state index >= 15 is 0 Å². The molecule has 1 aromatic heterocycles. The van der Waals surface area contributed by atoms with Gasteiger partial charge in [-0.2, -0.15) is 0 Å². The fourth-order valence-electron chi connectivity index (χ4n) is 3.83. The number of hydrogen-bond donors (Lipinski definition) is 1. The van der Waals surface area contributed by atoms with Crippen LogP contribution in [0.2, 0.25) is 0 Å². The smallest absolute Gasteiger partial charge is 0.230 e. The molecule has 168 valence electrons. The first-order chi connectivity index (χ1) is 15.6.